The zero-order valence-corrected chi connectivity index (χ0v) is 19.0. The fraction of sp³-hybridized carbons (Fsp3) is 0.261. The van der Waals surface area contributed by atoms with E-state index in [0.29, 0.717) is 34.0 Å². The van der Waals surface area contributed by atoms with Crippen LogP contribution in [0.25, 0.3) is 11.1 Å². The van der Waals surface area contributed by atoms with Crippen LogP contribution in [-0.4, -0.2) is 36.6 Å². The molecule has 1 aromatic carbocycles. The number of allylic oxidation sites excluding steroid dienone is 1. The van der Waals surface area contributed by atoms with E-state index in [1.807, 2.05) is 6.92 Å². The van der Waals surface area contributed by atoms with Crippen LogP contribution >= 0.6 is 11.3 Å². The summed E-state index contributed by atoms with van der Waals surface area (Å²) in [5.41, 5.74) is 0.999. The number of unbranched alkanes of at least 4 members (excludes halogenated alkanes) is 1. The third kappa shape index (κ3) is 5.17. The highest BCUT2D eigenvalue weighted by Crippen LogP contribution is 2.31. The van der Waals surface area contributed by atoms with Crippen molar-refractivity contribution >= 4 is 40.1 Å². The van der Waals surface area contributed by atoms with Gasteiger partial charge in [0.1, 0.15) is 5.82 Å². The smallest absolute Gasteiger partial charge is 0.337 e. The first-order chi connectivity index (χ1) is 15.7. The summed E-state index contributed by atoms with van der Waals surface area (Å²) in [6.45, 7) is 3.79. The van der Waals surface area contributed by atoms with E-state index in [9.17, 15) is 29.9 Å². The number of nitro benzene ring substituents is 1. The van der Waals surface area contributed by atoms with Crippen LogP contribution in [0.15, 0.2) is 41.9 Å². The molecule has 2 heterocycles. The summed E-state index contributed by atoms with van der Waals surface area (Å²) in [6.07, 6.45) is 3.97. The first kappa shape index (κ1) is 23.9. The van der Waals surface area contributed by atoms with Gasteiger partial charge in [0.25, 0.3) is 5.69 Å². The van der Waals surface area contributed by atoms with Gasteiger partial charge in [0.2, 0.25) is 0 Å². The quantitative estimate of drug-likeness (QED) is 0.243. The Balaban J connectivity index is 2.17. The molecule has 0 amide bonds. The van der Waals surface area contributed by atoms with Crippen molar-refractivity contribution in [3.05, 3.63) is 79.5 Å². The van der Waals surface area contributed by atoms with Crippen molar-refractivity contribution in [1.29, 1.82) is 0 Å². The number of aliphatic carboxylic acids is 1. The average molecular weight is 470 g/mol. The van der Waals surface area contributed by atoms with E-state index >= 15 is 0 Å². The molecule has 0 fully saturated rings. The summed E-state index contributed by atoms with van der Waals surface area (Å²) in [5.74, 6) is -1.65. The van der Waals surface area contributed by atoms with Crippen molar-refractivity contribution in [2.24, 2.45) is 0 Å². The van der Waals surface area contributed by atoms with Crippen LogP contribution in [0, 0.1) is 10.1 Å². The number of rotatable bonds is 10. The molecule has 0 saturated carbocycles. The van der Waals surface area contributed by atoms with Gasteiger partial charge in [-0.15, -0.1) is 11.3 Å². The zero-order valence-electron chi connectivity index (χ0n) is 18.1. The number of benzene rings is 1. The lowest BCUT2D eigenvalue weighted by atomic mass is 10.0. The first-order valence-electron chi connectivity index (χ1n) is 10.3. The van der Waals surface area contributed by atoms with E-state index in [-0.39, 0.29) is 23.4 Å². The molecule has 0 bridgehead atoms. The number of carbonyl (C=O) groups is 2. The molecular weight excluding hydrogens is 446 g/mol. The maximum absolute atomic E-state index is 12.1. The standard InChI is InChI=1S/C23H23N3O6S/c1-3-4-7-20-24-12-18(14(2)21(23(29)30)19-6-5-10-33-19)25(20)13-16-9-8-15(22(27)28)11-17(16)26(31)32/h5-6,8-12H,3-4,7,13H2,1-2H3,(H,27,28)(H,29,30)/b21-14-. The lowest BCUT2D eigenvalue weighted by Crippen LogP contribution is -2.12. The van der Waals surface area contributed by atoms with Crippen LogP contribution in [-0.2, 0) is 17.8 Å². The van der Waals surface area contributed by atoms with Gasteiger partial charge < -0.3 is 14.8 Å². The average Bonchev–Trinajstić information content (AvgIpc) is 3.42. The van der Waals surface area contributed by atoms with E-state index in [1.54, 1.807) is 35.2 Å². The Kier molecular flexibility index (Phi) is 7.39. The molecule has 0 aliphatic carbocycles. The number of carboxylic acids is 2. The fourth-order valence-electron chi connectivity index (χ4n) is 3.59. The van der Waals surface area contributed by atoms with Crippen LogP contribution in [0.1, 0.15) is 59.0 Å². The van der Waals surface area contributed by atoms with Crippen LogP contribution in [0.5, 0.6) is 0 Å². The molecule has 0 unspecified atom stereocenters. The van der Waals surface area contributed by atoms with Crippen molar-refractivity contribution in [1.82, 2.24) is 9.55 Å². The third-order valence-electron chi connectivity index (χ3n) is 5.29. The number of aryl methyl sites for hydroxylation is 1. The van der Waals surface area contributed by atoms with Gasteiger partial charge in [0, 0.05) is 22.9 Å². The molecular formula is C23H23N3O6S. The van der Waals surface area contributed by atoms with Crippen molar-refractivity contribution in [3.63, 3.8) is 0 Å². The van der Waals surface area contributed by atoms with E-state index in [0.717, 1.165) is 18.9 Å². The molecule has 0 spiro atoms. The molecule has 33 heavy (non-hydrogen) atoms. The maximum atomic E-state index is 12.1. The summed E-state index contributed by atoms with van der Waals surface area (Å²) in [5, 5.41) is 32.5. The van der Waals surface area contributed by atoms with E-state index in [1.165, 1.54) is 23.5 Å². The van der Waals surface area contributed by atoms with Gasteiger partial charge in [-0.25, -0.2) is 14.6 Å². The Bertz CT molecular complexity index is 1230. The molecule has 172 valence electrons. The Morgan fingerprint density at radius 3 is 2.58 bits per heavy atom. The highest BCUT2D eigenvalue weighted by atomic mass is 32.1. The van der Waals surface area contributed by atoms with Crippen molar-refractivity contribution < 1.29 is 24.7 Å². The minimum absolute atomic E-state index is 0.0548. The Morgan fingerprint density at radius 2 is 2.00 bits per heavy atom. The van der Waals surface area contributed by atoms with Gasteiger partial charge in [0.15, 0.2) is 0 Å². The predicted molar refractivity (Wildman–Crippen MR) is 124 cm³/mol. The zero-order chi connectivity index (χ0) is 24.1. The van der Waals surface area contributed by atoms with Crippen LogP contribution < -0.4 is 0 Å². The third-order valence-corrected chi connectivity index (χ3v) is 6.18. The monoisotopic (exact) mass is 469 g/mol. The highest BCUT2D eigenvalue weighted by Gasteiger charge is 2.23. The Hall–Kier alpha value is -3.79. The van der Waals surface area contributed by atoms with Crippen LogP contribution in [0.4, 0.5) is 5.69 Å². The summed E-state index contributed by atoms with van der Waals surface area (Å²) in [7, 11) is 0. The number of thiophene rings is 1. The molecule has 9 nitrogen and oxygen atoms in total. The number of nitrogens with zero attached hydrogens (tertiary/aromatic N) is 3. The van der Waals surface area contributed by atoms with Gasteiger partial charge in [-0.05, 0) is 42.5 Å². The number of nitro groups is 1. The number of carboxylic acid groups (broad SMARTS) is 2. The number of aromatic nitrogens is 2. The molecule has 10 heteroatoms. The topological polar surface area (TPSA) is 136 Å². The lowest BCUT2D eigenvalue weighted by Gasteiger charge is -2.15. The molecule has 3 rings (SSSR count). The summed E-state index contributed by atoms with van der Waals surface area (Å²) >= 11 is 1.31. The van der Waals surface area contributed by atoms with Crippen molar-refractivity contribution in [2.45, 2.75) is 39.7 Å². The van der Waals surface area contributed by atoms with Gasteiger partial charge in [-0.3, -0.25) is 10.1 Å². The number of hydrogen-bond acceptors (Lipinski definition) is 6. The molecule has 0 atom stereocenters. The lowest BCUT2D eigenvalue weighted by molar-refractivity contribution is -0.385. The molecule has 0 radical (unpaired) electrons. The summed E-state index contributed by atoms with van der Waals surface area (Å²) in [6, 6.07) is 7.28. The van der Waals surface area contributed by atoms with E-state index in [4.69, 9.17) is 0 Å². The van der Waals surface area contributed by atoms with E-state index in [2.05, 4.69) is 4.98 Å². The number of imidazole rings is 1. The van der Waals surface area contributed by atoms with Crippen LogP contribution in [0.3, 0.4) is 0 Å². The van der Waals surface area contributed by atoms with E-state index < -0.39 is 16.9 Å². The predicted octanol–water partition coefficient (Wildman–Crippen LogP) is 4.96. The Morgan fingerprint density at radius 1 is 1.24 bits per heavy atom. The van der Waals surface area contributed by atoms with Crippen molar-refractivity contribution in [3.8, 4) is 0 Å². The first-order valence-corrected chi connectivity index (χ1v) is 11.2. The second-order valence-electron chi connectivity index (χ2n) is 7.44. The molecule has 2 aromatic heterocycles. The van der Waals surface area contributed by atoms with Crippen LogP contribution in [0.2, 0.25) is 0 Å². The summed E-state index contributed by atoms with van der Waals surface area (Å²) in [4.78, 5) is 39.5. The number of hydrogen-bond donors (Lipinski definition) is 2. The largest absolute Gasteiger partial charge is 0.478 e. The molecule has 2 N–H and O–H groups in total. The molecule has 0 aliphatic rings. The molecule has 0 aliphatic heterocycles. The van der Waals surface area contributed by atoms with Gasteiger partial charge in [0.05, 0.1) is 34.5 Å². The maximum Gasteiger partial charge on any atom is 0.337 e. The summed E-state index contributed by atoms with van der Waals surface area (Å²) < 4.78 is 1.78. The number of aromatic carboxylic acids is 1. The van der Waals surface area contributed by atoms with Gasteiger partial charge in [-0.1, -0.05) is 19.4 Å². The SMILES string of the molecule is CCCCc1ncc(/C(C)=C(\C(=O)O)c2cccs2)n1Cc1ccc(C(=O)O)cc1[N+](=O)[O-]. The second-order valence-corrected chi connectivity index (χ2v) is 8.39. The minimum Gasteiger partial charge on any atom is -0.478 e. The minimum atomic E-state index is -1.25. The molecule has 0 saturated heterocycles. The van der Waals surface area contributed by atoms with Crippen molar-refractivity contribution in [2.75, 3.05) is 0 Å². The van der Waals surface area contributed by atoms with Gasteiger partial charge >= 0.3 is 11.9 Å². The highest BCUT2D eigenvalue weighted by molar-refractivity contribution is 7.11. The normalized spacial score (nSPS) is 11.8. The Labute approximate surface area is 193 Å². The fourth-order valence-corrected chi connectivity index (χ4v) is 4.41. The second kappa shape index (κ2) is 10.2. The molecule has 3 aromatic rings. The van der Waals surface area contributed by atoms with Gasteiger partial charge in [-0.2, -0.15) is 0 Å².